The number of nitrogens with one attached hydrogen (secondary N) is 2. The van der Waals surface area contributed by atoms with Crippen molar-refractivity contribution in [2.75, 3.05) is 0 Å². The molecule has 7 nitrogen and oxygen atoms in total. The van der Waals surface area contributed by atoms with Crippen LogP contribution in [-0.4, -0.2) is 30.1 Å². The Kier molecular flexibility index (Phi) is 11.1. The molecule has 0 aliphatic rings. The molecule has 0 fully saturated rings. The number of hydrogen-bond acceptors (Lipinski definition) is 5. The van der Waals surface area contributed by atoms with Crippen molar-refractivity contribution < 1.29 is 23.9 Å². The summed E-state index contributed by atoms with van der Waals surface area (Å²) in [4.78, 5) is 38.3. The molecule has 2 amide bonds. The maximum atomic E-state index is 13.1. The van der Waals surface area contributed by atoms with Gasteiger partial charge in [0.25, 0.3) is 0 Å². The highest BCUT2D eigenvalue weighted by Crippen LogP contribution is 2.13. The fourth-order valence-electron chi connectivity index (χ4n) is 3.37. The van der Waals surface area contributed by atoms with E-state index in [1.54, 1.807) is 0 Å². The number of esters is 1. The Bertz CT molecular complexity index is 902. The van der Waals surface area contributed by atoms with Crippen LogP contribution < -0.4 is 10.6 Å². The molecule has 0 spiro atoms. The van der Waals surface area contributed by atoms with Crippen LogP contribution in [0.1, 0.15) is 51.7 Å². The number of rotatable bonds is 12. The summed E-state index contributed by atoms with van der Waals surface area (Å²) in [6.07, 6.45) is 0.395. The molecule has 0 heterocycles. The van der Waals surface area contributed by atoms with Gasteiger partial charge in [-0.2, -0.15) is 0 Å². The lowest BCUT2D eigenvalue weighted by molar-refractivity contribution is -0.150. The number of carbonyl (C=O) groups excluding carboxylic acids is 3. The smallest absolute Gasteiger partial charge is 0.408 e. The van der Waals surface area contributed by atoms with Gasteiger partial charge in [-0.05, 0) is 29.4 Å². The minimum atomic E-state index is -0.843. The summed E-state index contributed by atoms with van der Waals surface area (Å²) < 4.78 is 10.7. The Hall–Kier alpha value is -3.35. The number of amides is 2. The van der Waals surface area contributed by atoms with E-state index in [4.69, 9.17) is 9.47 Å². The summed E-state index contributed by atoms with van der Waals surface area (Å²) >= 11 is 0. The van der Waals surface area contributed by atoms with Gasteiger partial charge in [0.2, 0.25) is 5.91 Å². The molecule has 0 aliphatic heterocycles. The second-order valence-corrected chi connectivity index (χ2v) is 8.85. The van der Waals surface area contributed by atoms with Gasteiger partial charge in [0.15, 0.2) is 0 Å². The second kappa shape index (κ2) is 14.0. The van der Waals surface area contributed by atoms with Crippen molar-refractivity contribution in [2.24, 2.45) is 11.8 Å². The SMILES string of the molecule is CC[C@@H](C)[C@@H](NC(=O)OCc1ccccc1)C(=O)N[C@@H](CC(C)C)C(=O)OCc1ccccc1. The zero-order valence-corrected chi connectivity index (χ0v) is 20.5. The van der Waals surface area contributed by atoms with Crippen LogP contribution in [-0.2, 0) is 32.3 Å². The summed E-state index contributed by atoms with van der Waals surface area (Å²) in [6.45, 7) is 7.96. The third-order valence-corrected chi connectivity index (χ3v) is 5.51. The molecule has 34 heavy (non-hydrogen) atoms. The summed E-state index contributed by atoms with van der Waals surface area (Å²) in [7, 11) is 0. The lowest BCUT2D eigenvalue weighted by Crippen LogP contribution is -2.54. The molecule has 0 bridgehead atoms. The summed E-state index contributed by atoms with van der Waals surface area (Å²) in [5, 5.41) is 5.46. The molecule has 2 aromatic rings. The molecule has 2 rings (SSSR count). The maximum Gasteiger partial charge on any atom is 0.408 e. The molecule has 2 aromatic carbocycles. The standard InChI is InChI=1S/C27H36N2O5/c1-5-20(4)24(29-27(32)34-18-22-14-10-7-11-15-22)25(30)28-23(16-19(2)3)26(31)33-17-21-12-8-6-9-13-21/h6-15,19-20,23-24H,5,16-18H2,1-4H3,(H,28,30)(H,29,32)/t20-,23+,24-/m1/s1. The van der Waals surface area contributed by atoms with Crippen LogP contribution in [0.3, 0.4) is 0 Å². The van der Waals surface area contributed by atoms with Crippen molar-refractivity contribution in [3.8, 4) is 0 Å². The van der Waals surface area contributed by atoms with Gasteiger partial charge in [0.1, 0.15) is 25.3 Å². The van der Waals surface area contributed by atoms with Gasteiger partial charge in [0, 0.05) is 0 Å². The van der Waals surface area contributed by atoms with E-state index in [2.05, 4.69) is 10.6 Å². The van der Waals surface area contributed by atoms with Crippen molar-refractivity contribution in [3.63, 3.8) is 0 Å². The number of alkyl carbamates (subject to hydrolysis) is 1. The first-order valence-corrected chi connectivity index (χ1v) is 11.8. The summed E-state index contributed by atoms with van der Waals surface area (Å²) in [5.41, 5.74) is 1.71. The lowest BCUT2D eigenvalue weighted by atomic mass is 9.97. The molecule has 184 valence electrons. The van der Waals surface area contributed by atoms with Gasteiger partial charge in [-0.25, -0.2) is 9.59 Å². The number of benzene rings is 2. The van der Waals surface area contributed by atoms with E-state index in [0.717, 1.165) is 11.1 Å². The fourth-order valence-corrected chi connectivity index (χ4v) is 3.37. The molecule has 0 aliphatic carbocycles. The highest BCUT2D eigenvalue weighted by molar-refractivity contribution is 5.89. The Labute approximate surface area is 202 Å². The molecule has 0 aromatic heterocycles. The first-order valence-electron chi connectivity index (χ1n) is 11.8. The maximum absolute atomic E-state index is 13.1. The molecule has 3 atom stereocenters. The molecular weight excluding hydrogens is 432 g/mol. The Balaban J connectivity index is 2.00. The van der Waals surface area contributed by atoms with Gasteiger partial charge in [0.05, 0.1) is 0 Å². The van der Waals surface area contributed by atoms with Crippen molar-refractivity contribution in [1.82, 2.24) is 10.6 Å². The third-order valence-electron chi connectivity index (χ3n) is 5.51. The van der Waals surface area contributed by atoms with Crippen LogP contribution in [0, 0.1) is 11.8 Å². The number of carbonyl (C=O) groups is 3. The third kappa shape index (κ3) is 9.25. The van der Waals surface area contributed by atoms with Crippen LogP contribution in [0.4, 0.5) is 4.79 Å². The van der Waals surface area contributed by atoms with E-state index in [1.165, 1.54) is 0 Å². The molecule has 0 saturated carbocycles. The molecule has 0 saturated heterocycles. The highest BCUT2D eigenvalue weighted by atomic mass is 16.5. The van der Waals surface area contributed by atoms with Gasteiger partial charge in [-0.3, -0.25) is 4.79 Å². The Morgan fingerprint density at radius 2 is 1.32 bits per heavy atom. The van der Waals surface area contributed by atoms with Crippen molar-refractivity contribution in [2.45, 2.75) is 65.8 Å². The highest BCUT2D eigenvalue weighted by Gasteiger charge is 2.31. The summed E-state index contributed by atoms with van der Waals surface area (Å²) in [5.74, 6) is -0.946. The average Bonchev–Trinajstić information content (AvgIpc) is 2.84. The van der Waals surface area contributed by atoms with E-state index >= 15 is 0 Å². The van der Waals surface area contributed by atoms with E-state index in [1.807, 2.05) is 88.4 Å². The second-order valence-electron chi connectivity index (χ2n) is 8.85. The Morgan fingerprint density at radius 3 is 1.82 bits per heavy atom. The topological polar surface area (TPSA) is 93.7 Å². The zero-order valence-electron chi connectivity index (χ0n) is 20.5. The molecular formula is C27H36N2O5. The van der Waals surface area contributed by atoms with Gasteiger partial charge < -0.3 is 20.1 Å². The van der Waals surface area contributed by atoms with Gasteiger partial charge in [-0.15, -0.1) is 0 Å². The first-order chi connectivity index (χ1) is 16.3. The Morgan fingerprint density at radius 1 is 0.794 bits per heavy atom. The average molecular weight is 469 g/mol. The van der Waals surface area contributed by atoms with Crippen LogP contribution in [0.25, 0.3) is 0 Å². The number of hydrogen-bond donors (Lipinski definition) is 2. The summed E-state index contributed by atoms with van der Waals surface area (Å²) in [6, 6.07) is 17.0. The van der Waals surface area contributed by atoms with Crippen molar-refractivity contribution >= 4 is 18.0 Å². The molecule has 0 unspecified atom stereocenters. The quantitative estimate of drug-likeness (QED) is 0.444. The van der Waals surface area contributed by atoms with E-state index in [-0.39, 0.29) is 25.0 Å². The molecule has 0 radical (unpaired) electrons. The number of ether oxygens (including phenoxy) is 2. The molecule has 2 N–H and O–H groups in total. The largest absolute Gasteiger partial charge is 0.459 e. The van der Waals surface area contributed by atoms with E-state index < -0.39 is 30.1 Å². The van der Waals surface area contributed by atoms with E-state index in [0.29, 0.717) is 12.8 Å². The van der Waals surface area contributed by atoms with Crippen LogP contribution >= 0.6 is 0 Å². The van der Waals surface area contributed by atoms with E-state index in [9.17, 15) is 14.4 Å². The van der Waals surface area contributed by atoms with Crippen molar-refractivity contribution in [1.29, 1.82) is 0 Å². The van der Waals surface area contributed by atoms with Gasteiger partial charge in [-0.1, -0.05) is 94.8 Å². The minimum absolute atomic E-state index is 0.101. The normalized spacial score (nSPS) is 13.4. The zero-order chi connectivity index (χ0) is 24.9. The lowest BCUT2D eigenvalue weighted by Gasteiger charge is -2.26. The molecule has 7 heteroatoms. The monoisotopic (exact) mass is 468 g/mol. The van der Waals surface area contributed by atoms with Crippen LogP contribution in [0.2, 0.25) is 0 Å². The van der Waals surface area contributed by atoms with Crippen LogP contribution in [0.5, 0.6) is 0 Å². The fraction of sp³-hybridized carbons (Fsp3) is 0.444. The van der Waals surface area contributed by atoms with Gasteiger partial charge >= 0.3 is 12.1 Å². The predicted octanol–water partition coefficient (Wildman–Crippen LogP) is 4.60. The van der Waals surface area contributed by atoms with Crippen LogP contribution in [0.15, 0.2) is 60.7 Å². The van der Waals surface area contributed by atoms with Crippen molar-refractivity contribution in [3.05, 3.63) is 71.8 Å². The minimum Gasteiger partial charge on any atom is -0.459 e. The predicted molar refractivity (Wildman–Crippen MR) is 131 cm³/mol. The first kappa shape index (κ1) is 26.9.